The normalized spacial score (nSPS) is 16.2. The Morgan fingerprint density at radius 1 is 1.30 bits per heavy atom. The fraction of sp³-hybridized carbons (Fsp3) is 0.533. The summed E-state index contributed by atoms with van der Waals surface area (Å²) in [7, 11) is 2.86. The van der Waals surface area contributed by atoms with Gasteiger partial charge in [-0.05, 0) is 12.8 Å². The molecular weight excluding hydrogens is 327 g/mol. The molecule has 1 amide bonds. The standard InChI is InChI=1S/C15H21FN2O4.ClH/c1-20-12-7-10(16)11(8-13(12)21-2)18-14(19)15(9-17)3-5-22-6-4-15;/h7-8H,3-6,9,17H2,1-2H3,(H,18,19);1H. The van der Waals surface area contributed by atoms with Crippen LogP contribution in [-0.4, -0.2) is 39.9 Å². The van der Waals surface area contributed by atoms with E-state index in [0.29, 0.717) is 31.8 Å². The van der Waals surface area contributed by atoms with Crippen LogP contribution in [-0.2, 0) is 9.53 Å². The molecule has 2 rings (SSSR count). The number of benzene rings is 1. The fourth-order valence-electron chi connectivity index (χ4n) is 2.49. The van der Waals surface area contributed by atoms with E-state index in [2.05, 4.69) is 5.32 Å². The highest BCUT2D eigenvalue weighted by atomic mass is 35.5. The van der Waals surface area contributed by atoms with E-state index in [1.165, 1.54) is 26.4 Å². The molecule has 1 heterocycles. The molecule has 8 heteroatoms. The number of anilines is 1. The molecule has 0 aromatic heterocycles. The van der Waals surface area contributed by atoms with Gasteiger partial charge in [0.2, 0.25) is 5.91 Å². The molecule has 0 saturated carbocycles. The molecule has 23 heavy (non-hydrogen) atoms. The van der Waals surface area contributed by atoms with Gasteiger partial charge >= 0.3 is 0 Å². The number of nitrogens with one attached hydrogen (secondary N) is 1. The molecule has 1 aromatic rings. The van der Waals surface area contributed by atoms with Crippen LogP contribution in [0.1, 0.15) is 12.8 Å². The number of amides is 1. The van der Waals surface area contributed by atoms with Crippen LogP contribution in [0.5, 0.6) is 11.5 Å². The van der Waals surface area contributed by atoms with Crippen molar-refractivity contribution in [1.82, 2.24) is 0 Å². The SMILES string of the molecule is COc1cc(F)c(NC(=O)C2(CN)CCOCC2)cc1OC.Cl. The second-order valence-electron chi connectivity index (χ2n) is 5.24. The zero-order valence-electron chi connectivity index (χ0n) is 13.2. The summed E-state index contributed by atoms with van der Waals surface area (Å²) in [5, 5.41) is 2.61. The minimum Gasteiger partial charge on any atom is -0.493 e. The van der Waals surface area contributed by atoms with Crippen LogP contribution in [0.15, 0.2) is 12.1 Å². The number of nitrogens with two attached hydrogens (primary N) is 1. The van der Waals surface area contributed by atoms with Crippen LogP contribution in [0.2, 0.25) is 0 Å². The lowest BCUT2D eigenvalue weighted by Gasteiger charge is -2.34. The minimum atomic E-state index is -0.724. The number of halogens is 2. The number of methoxy groups -OCH3 is 2. The number of rotatable bonds is 5. The minimum absolute atomic E-state index is 0. The van der Waals surface area contributed by atoms with Crippen LogP contribution >= 0.6 is 12.4 Å². The Hall–Kier alpha value is -1.57. The Bertz CT molecular complexity index is 551. The third kappa shape index (κ3) is 4.04. The zero-order chi connectivity index (χ0) is 16.2. The maximum Gasteiger partial charge on any atom is 0.232 e. The van der Waals surface area contributed by atoms with Crippen molar-refractivity contribution in [3.05, 3.63) is 17.9 Å². The van der Waals surface area contributed by atoms with Gasteiger partial charge < -0.3 is 25.3 Å². The average Bonchev–Trinajstić information content (AvgIpc) is 2.56. The van der Waals surface area contributed by atoms with Crippen LogP contribution in [0.3, 0.4) is 0 Å². The van der Waals surface area contributed by atoms with Crippen molar-refractivity contribution in [3.8, 4) is 11.5 Å². The van der Waals surface area contributed by atoms with Gasteiger partial charge in [-0.15, -0.1) is 12.4 Å². The van der Waals surface area contributed by atoms with Crippen molar-refractivity contribution in [2.45, 2.75) is 12.8 Å². The second-order valence-corrected chi connectivity index (χ2v) is 5.24. The number of ether oxygens (including phenoxy) is 3. The third-order valence-corrected chi connectivity index (χ3v) is 4.04. The summed E-state index contributed by atoms with van der Waals surface area (Å²) in [5.41, 5.74) is 5.10. The summed E-state index contributed by atoms with van der Waals surface area (Å²) in [6.45, 7) is 1.13. The molecular formula is C15H22ClFN2O4. The van der Waals surface area contributed by atoms with Gasteiger partial charge in [0.25, 0.3) is 0 Å². The first-order valence-electron chi connectivity index (χ1n) is 7.07. The average molecular weight is 349 g/mol. The molecule has 0 radical (unpaired) electrons. The lowest BCUT2D eigenvalue weighted by molar-refractivity contribution is -0.130. The zero-order valence-corrected chi connectivity index (χ0v) is 14.0. The predicted octanol–water partition coefficient (Wildman–Crippen LogP) is 1.96. The third-order valence-electron chi connectivity index (χ3n) is 4.04. The van der Waals surface area contributed by atoms with Crippen LogP contribution < -0.4 is 20.5 Å². The Balaban J connectivity index is 0.00000264. The van der Waals surface area contributed by atoms with E-state index in [0.717, 1.165) is 0 Å². The van der Waals surface area contributed by atoms with Crippen molar-refractivity contribution in [2.75, 3.05) is 39.3 Å². The lowest BCUT2D eigenvalue weighted by atomic mass is 9.79. The molecule has 0 atom stereocenters. The van der Waals surface area contributed by atoms with E-state index in [1.807, 2.05) is 0 Å². The van der Waals surface area contributed by atoms with Gasteiger partial charge in [-0.3, -0.25) is 4.79 Å². The van der Waals surface area contributed by atoms with Gasteiger partial charge in [0.15, 0.2) is 17.3 Å². The Morgan fingerprint density at radius 2 is 1.87 bits per heavy atom. The first kappa shape index (κ1) is 19.5. The van der Waals surface area contributed by atoms with Gasteiger partial charge in [0.05, 0.1) is 25.3 Å². The molecule has 1 saturated heterocycles. The first-order chi connectivity index (χ1) is 10.6. The molecule has 0 unspecified atom stereocenters. The van der Waals surface area contributed by atoms with Crippen molar-refractivity contribution in [3.63, 3.8) is 0 Å². The van der Waals surface area contributed by atoms with Crippen LogP contribution in [0, 0.1) is 11.2 Å². The van der Waals surface area contributed by atoms with Gasteiger partial charge in [-0.2, -0.15) is 0 Å². The summed E-state index contributed by atoms with van der Waals surface area (Å²) < 4.78 is 29.5. The maximum absolute atomic E-state index is 14.1. The Morgan fingerprint density at radius 3 is 2.39 bits per heavy atom. The molecule has 1 aliphatic heterocycles. The van der Waals surface area contributed by atoms with Crippen LogP contribution in [0.25, 0.3) is 0 Å². The van der Waals surface area contributed by atoms with Crippen molar-refractivity contribution in [1.29, 1.82) is 0 Å². The Kier molecular flexibility index (Phi) is 7.05. The molecule has 0 spiro atoms. The fourth-order valence-corrected chi connectivity index (χ4v) is 2.49. The molecule has 1 aromatic carbocycles. The smallest absolute Gasteiger partial charge is 0.232 e. The van der Waals surface area contributed by atoms with Crippen molar-refractivity contribution < 1.29 is 23.4 Å². The number of carbonyl (C=O) groups excluding carboxylic acids is 1. The summed E-state index contributed by atoms with van der Waals surface area (Å²) in [6, 6.07) is 2.57. The summed E-state index contributed by atoms with van der Waals surface area (Å²) in [4.78, 5) is 12.5. The highest BCUT2D eigenvalue weighted by molar-refractivity contribution is 5.96. The van der Waals surface area contributed by atoms with E-state index in [4.69, 9.17) is 19.9 Å². The summed E-state index contributed by atoms with van der Waals surface area (Å²) >= 11 is 0. The predicted molar refractivity (Wildman–Crippen MR) is 86.9 cm³/mol. The number of hydrogen-bond donors (Lipinski definition) is 2. The van der Waals surface area contributed by atoms with E-state index in [9.17, 15) is 9.18 Å². The number of carbonyl (C=O) groups is 1. The monoisotopic (exact) mass is 348 g/mol. The van der Waals surface area contributed by atoms with Gasteiger partial charge in [-0.25, -0.2) is 4.39 Å². The molecule has 6 nitrogen and oxygen atoms in total. The Labute approximate surface area is 140 Å². The van der Waals surface area contributed by atoms with Gasteiger partial charge in [0, 0.05) is 31.9 Å². The number of hydrogen-bond acceptors (Lipinski definition) is 5. The topological polar surface area (TPSA) is 82.8 Å². The van der Waals surface area contributed by atoms with Crippen molar-refractivity contribution in [2.24, 2.45) is 11.1 Å². The molecule has 3 N–H and O–H groups in total. The molecule has 1 aliphatic rings. The largest absolute Gasteiger partial charge is 0.493 e. The quantitative estimate of drug-likeness (QED) is 0.850. The second kappa shape index (κ2) is 8.33. The molecule has 0 bridgehead atoms. The highest BCUT2D eigenvalue weighted by Crippen LogP contribution is 2.35. The maximum atomic E-state index is 14.1. The van der Waals surface area contributed by atoms with Gasteiger partial charge in [0.1, 0.15) is 0 Å². The molecule has 0 aliphatic carbocycles. The van der Waals surface area contributed by atoms with Crippen LogP contribution in [0.4, 0.5) is 10.1 Å². The highest BCUT2D eigenvalue weighted by Gasteiger charge is 2.39. The van der Waals surface area contributed by atoms with E-state index < -0.39 is 11.2 Å². The van der Waals surface area contributed by atoms with E-state index in [1.54, 1.807) is 0 Å². The van der Waals surface area contributed by atoms with E-state index in [-0.39, 0.29) is 36.3 Å². The van der Waals surface area contributed by atoms with E-state index >= 15 is 0 Å². The summed E-state index contributed by atoms with van der Waals surface area (Å²) in [5.74, 6) is -0.291. The summed E-state index contributed by atoms with van der Waals surface area (Å²) in [6.07, 6.45) is 1.04. The molecule has 1 fully saturated rings. The van der Waals surface area contributed by atoms with Crippen molar-refractivity contribution >= 4 is 24.0 Å². The molecule has 130 valence electrons. The van der Waals surface area contributed by atoms with Gasteiger partial charge in [-0.1, -0.05) is 0 Å². The lowest BCUT2D eigenvalue weighted by Crippen LogP contribution is -2.46. The first-order valence-corrected chi connectivity index (χ1v) is 7.07.